The van der Waals surface area contributed by atoms with Crippen molar-refractivity contribution >= 4 is 27.2 Å². The largest absolute Gasteiger partial charge is 0.373 e. The quantitative estimate of drug-likeness (QED) is 0.758. The summed E-state index contributed by atoms with van der Waals surface area (Å²) in [5, 5.41) is 6.48. The van der Waals surface area contributed by atoms with Crippen LogP contribution in [0.2, 0.25) is 0 Å². The topological polar surface area (TPSA) is 37.8 Å². The highest BCUT2D eigenvalue weighted by molar-refractivity contribution is 7.17. The van der Waals surface area contributed by atoms with Crippen molar-refractivity contribution in [1.82, 2.24) is 9.97 Å². The van der Waals surface area contributed by atoms with Crippen molar-refractivity contribution in [2.45, 2.75) is 6.92 Å². The Bertz CT molecular complexity index is 703. The Morgan fingerprint density at radius 1 is 1.17 bits per heavy atom. The second kappa shape index (κ2) is 4.38. The van der Waals surface area contributed by atoms with E-state index in [0.29, 0.717) is 0 Å². The van der Waals surface area contributed by atoms with Crippen LogP contribution in [0.5, 0.6) is 0 Å². The molecule has 90 valence electrons. The zero-order chi connectivity index (χ0) is 12.5. The van der Waals surface area contributed by atoms with E-state index in [2.05, 4.69) is 44.9 Å². The number of aromatic nitrogens is 2. The van der Waals surface area contributed by atoms with E-state index in [9.17, 15) is 0 Å². The Morgan fingerprint density at radius 2 is 2.06 bits per heavy atom. The Labute approximate surface area is 110 Å². The molecule has 1 N–H and O–H groups in total. The summed E-state index contributed by atoms with van der Waals surface area (Å²) in [6.45, 7) is 2.05. The van der Waals surface area contributed by atoms with Crippen molar-refractivity contribution < 1.29 is 0 Å². The molecule has 0 radical (unpaired) electrons. The number of nitrogens with one attached hydrogen (secondary N) is 1. The van der Waals surface area contributed by atoms with E-state index >= 15 is 0 Å². The van der Waals surface area contributed by atoms with Gasteiger partial charge in [0.15, 0.2) is 0 Å². The van der Waals surface area contributed by atoms with Gasteiger partial charge in [-0.25, -0.2) is 9.97 Å². The van der Waals surface area contributed by atoms with Crippen molar-refractivity contribution in [3.8, 4) is 11.3 Å². The minimum Gasteiger partial charge on any atom is -0.373 e. The van der Waals surface area contributed by atoms with E-state index in [4.69, 9.17) is 0 Å². The fourth-order valence-electron chi connectivity index (χ4n) is 2.15. The summed E-state index contributed by atoms with van der Waals surface area (Å²) >= 11 is 1.75. The number of rotatable bonds is 2. The van der Waals surface area contributed by atoms with Gasteiger partial charge in [0.05, 0.1) is 5.69 Å². The summed E-state index contributed by atoms with van der Waals surface area (Å²) < 4.78 is 1.28. The van der Waals surface area contributed by atoms with Crippen LogP contribution in [0, 0.1) is 6.92 Å². The number of nitrogens with zero attached hydrogens (tertiary/aromatic N) is 2. The predicted molar refractivity (Wildman–Crippen MR) is 77.1 cm³/mol. The molecule has 18 heavy (non-hydrogen) atoms. The lowest BCUT2D eigenvalue weighted by Gasteiger charge is -2.09. The van der Waals surface area contributed by atoms with E-state index in [0.717, 1.165) is 17.1 Å². The highest BCUT2D eigenvalue weighted by Gasteiger charge is 2.11. The van der Waals surface area contributed by atoms with Crippen molar-refractivity contribution in [2.24, 2.45) is 0 Å². The molecule has 3 rings (SSSR count). The first kappa shape index (κ1) is 11.2. The lowest BCUT2D eigenvalue weighted by Crippen LogP contribution is -1.99. The number of fused-ring (bicyclic) bond motifs is 1. The highest BCUT2D eigenvalue weighted by Crippen LogP contribution is 2.34. The van der Waals surface area contributed by atoms with Gasteiger partial charge in [-0.05, 0) is 23.8 Å². The van der Waals surface area contributed by atoms with Crippen LogP contribution in [-0.4, -0.2) is 17.0 Å². The fourth-order valence-corrected chi connectivity index (χ4v) is 3.07. The third kappa shape index (κ3) is 1.66. The zero-order valence-electron chi connectivity index (χ0n) is 10.3. The molecule has 0 spiro atoms. The smallest absolute Gasteiger partial charge is 0.132 e. The molecule has 0 aliphatic carbocycles. The molecule has 0 bridgehead atoms. The molecule has 2 heterocycles. The molecule has 0 saturated carbocycles. The first-order valence-corrected chi connectivity index (χ1v) is 6.65. The summed E-state index contributed by atoms with van der Waals surface area (Å²) in [6.07, 6.45) is 1.61. The maximum Gasteiger partial charge on any atom is 0.132 e. The van der Waals surface area contributed by atoms with Gasteiger partial charge in [-0.1, -0.05) is 18.2 Å². The van der Waals surface area contributed by atoms with Crippen LogP contribution >= 0.6 is 11.3 Å². The fraction of sp³-hybridized carbons (Fsp3) is 0.143. The molecule has 0 aliphatic rings. The molecule has 3 nitrogen and oxygen atoms in total. The lowest BCUT2D eigenvalue weighted by atomic mass is 10.1. The van der Waals surface area contributed by atoms with Gasteiger partial charge >= 0.3 is 0 Å². The van der Waals surface area contributed by atoms with Gasteiger partial charge in [0.1, 0.15) is 12.1 Å². The van der Waals surface area contributed by atoms with Crippen LogP contribution in [0.25, 0.3) is 21.3 Å². The molecule has 0 fully saturated rings. The van der Waals surface area contributed by atoms with E-state index in [-0.39, 0.29) is 0 Å². The van der Waals surface area contributed by atoms with Gasteiger partial charge in [-0.3, -0.25) is 0 Å². The summed E-state index contributed by atoms with van der Waals surface area (Å²) in [4.78, 5) is 8.67. The molecular formula is C14H13N3S. The molecule has 1 aromatic carbocycles. The predicted octanol–water partition coefficient (Wildman–Crippen LogP) is 3.71. The van der Waals surface area contributed by atoms with E-state index in [1.54, 1.807) is 17.7 Å². The number of hydrogen-bond acceptors (Lipinski definition) is 4. The first-order chi connectivity index (χ1) is 8.81. The summed E-state index contributed by atoms with van der Waals surface area (Å²) in [6, 6.07) is 8.46. The Balaban J connectivity index is 2.29. The van der Waals surface area contributed by atoms with Crippen LogP contribution in [-0.2, 0) is 0 Å². The average molecular weight is 255 g/mol. The monoisotopic (exact) mass is 255 g/mol. The molecule has 2 aromatic heterocycles. The third-order valence-electron chi connectivity index (χ3n) is 3.05. The molecular weight excluding hydrogens is 242 g/mol. The Hall–Kier alpha value is -1.94. The summed E-state index contributed by atoms with van der Waals surface area (Å²) in [7, 11) is 1.88. The van der Waals surface area contributed by atoms with Gasteiger partial charge in [0.25, 0.3) is 0 Å². The first-order valence-electron chi connectivity index (χ1n) is 5.77. The van der Waals surface area contributed by atoms with Crippen molar-refractivity contribution in [1.29, 1.82) is 0 Å². The lowest BCUT2D eigenvalue weighted by molar-refractivity contribution is 1.13. The molecule has 0 atom stereocenters. The molecule has 4 heteroatoms. The SMILES string of the molecule is CNc1ncnc(-c2cccc3ccsc23)c1C. The van der Waals surface area contributed by atoms with Crippen LogP contribution in [0.15, 0.2) is 36.0 Å². The number of thiophene rings is 1. The molecule has 0 saturated heterocycles. The third-order valence-corrected chi connectivity index (χ3v) is 4.02. The van der Waals surface area contributed by atoms with Gasteiger partial charge in [0.2, 0.25) is 0 Å². The van der Waals surface area contributed by atoms with Crippen LogP contribution < -0.4 is 5.32 Å². The van der Waals surface area contributed by atoms with E-state index in [1.165, 1.54) is 15.6 Å². The van der Waals surface area contributed by atoms with E-state index in [1.807, 2.05) is 14.0 Å². The van der Waals surface area contributed by atoms with Gasteiger partial charge in [-0.2, -0.15) is 0 Å². The Morgan fingerprint density at radius 3 is 2.89 bits per heavy atom. The molecule has 0 aliphatic heterocycles. The van der Waals surface area contributed by atoms with Crippen molar-refractivity contribution in [3.63, 3.8) is 0 Å². The second-order valence-corrected chi connectivity index (χ2v) is 5.01. The van der Waals surface area contributed by atoms with Gasteiger partial charge < -0.3 is 5.32 Å². The maximum absolute atomic E-state index is 4.44. The summed E-state index contributed by atoms with van der Waals surface area (Å²) in [5.41, 5.74) is 3.27. The average Bonchev–Trinajstić information content (AvgIpc) is 2.87. The number of benzene rings is 1. The Kier molecular flexibility index (Phi) is 2.72. The van der Waals surface area contributed by atoms with Gasteiger partial charge in [0, 0.05) is 22.9 Å². The molecule has 0 unspecified atom stereocenters. The van der Waals surface area contributed by atoms with Crippen LogP contribution in [0.4, 0.5) is 5.82 Å². The van der Waals surface area contributed by atoms with Crippen molar-refractivity contribution in [3.05, 3.63) is 41.5 Å². The number of hydrogen-bond donors (Lipinski definition) is 1. The zero-order valence-corrected chi connectivity index (χ0v) is 11.1. The van der Waals surface area contributed by atoms with Crippen LogP contribution in [0.1, 0.15) is 5.56 Å². The summed E-state index contributed by atoms with van der Waals surface area (Å²) in [5.74, 6) is 0.883. The minimum atomic E-state index is 0.883. The molecule has 3 aromatic rings. The minimum absolute atomic E-state index is 0.883. The standard InChI is InChI=1S/C14H13N3S/c1-9-12(16-8-17-14(9)15-2)11-5-3-4-10-6-7-18-13(10)11/h3-8H,1-2H3,(H,15,16,17). The second-order valence-electron chi connectivity index (χ2n) is 4.09. The maximum atomic E-state index is 4.44. The van der Waals surface area contributed by atoms with Crippen LogP contribution in [0.3, 0.4) is 0 Å². The highest BCUT2D eigenvalue weighted by atomic mass is 32.1. The van der Waals surface area contributed by atoms with Gasteiger partial charge in [-0.15, -0.1) is 11.3 Å². The number of anilines is 1. The van der Waals surface area contributed by atoms with Crippen molar-refractivity contribution in [2.75, 3.05) is 12.4 Å². The molecule has 0 amide bonds. The normalized spacial score (nSPS) is 10.8. The van der Waals surface area contributed by atoms with E-state index < -0.39 is 0 Å².